The summed E-state index contributed by atoms with van der Waals surface area (Å²) in [6.07, 6.45) is 0. The molecular weight excluding hydrogens is 284 g/mol. The Bertz CT molecular complexity index is 261. The van der Waals surface area contributed by atoms with Crippen molar-refractivity contribution >= 4 is 31.9 Å². The van der Waals surface area contributed by atoms with Gasteiger partial charge in [0, 0.05) is 9.80 Å². The molecule has 1 aromatic rings. The molecule has 0 saturated heterocycles. The van der Waals surface area contributed by atoms with Gasteiger partial charge >= 0.3 is 0 Å². The third-order valence-electron chi connectivity index (χ3n) is 1.48. The number of hydrogen-bond acceptors (Lipinski definition) is 1. The highest BCUT2D eigenvalue weighted by atomic mass is 79.9. The van der Waals surface area contributed by atoms with E-state index in [1.165, 1.54) is 5.56 Å². The molecule has 0 bridgehead atoms. The van der Waals surface area contributed by atoms with E-state index in [1.807, 2.05) is 25.1 Å². The number of rotatable bonds is 3. The van der Waals surface area contributed by atoms with Crippen molar-refractivity contribution in [2.75, 3.05) is 11.9 Å². The van der Waals surface area contributed by atoms with Gasteiger partial charge in [0.2, 0.25) is 0 Å². The van der Waals surface area contributed by atoms with E-state index in [2.05, 4.69) is 31.9 Å². The van der Waals surface area contributed by atoms with Gasteiger partial charge in [-0.3, -0.25) is 0 Å². The van der Waals surface area contributed by atoms with E-state index < -0.39 is 0 Å². The van der Waals surface area contributed by atoms with Crippen LogP contribution < -0.4 is 4.74 Å². The molecule has 0 aliphatic heterocycles. The molecule has 12 heavy (non-hydrogen) atoms. The summed E-state index contributed by atoms with van der Waals surface area (Å²) in [4.78, 5) is 0. The Morgan fingerprint density at radius 1 is 1.42 bits per heavy atom. The second-order valence-corrected chi connectivity index (χ2v) is 4.10. The van der Waals surface area contributed by atoms with Gasteiger partial charge in [0.15, 0.2) is 0 Å². The number of alkyl halides is 1. The van der Waals surface area contributed by atoms with Crippen LogP contribution in [0.3, 0.4) is 0 Å². The Morgan fingerprint density at radius 3 is 2.75 bits per heavy atom. The molecule has 0 aliphatic carbocycles. The van der Waals surface area contributed by atoms with Gasteiger partial charge in [-0.2, -0.15) is 0 Å². The standard InChI is InChI=1S/C9H10Br2O/c1-7-6-8(12-5-4-10)2-3-9(7)11/h2-3,6H,4-5H2,1H3. The maximum atomic E-state index is 5.42. The fourth-order valence-corrected chi connectivity index (χ4v) is 1.27. The minimum absolute atomic E-state index is 0.709. The van der Waals surface area contributed by atoms with Gasteiger partial charge in [-0.1, -0.05) is 31.9 Å². The van der Waals surface area contributed by atoms with Crippen molar-refractivity contribution in [3.05, 3.63) is 28.2 Å². The van der Waals surface area contributed by atoms with Crippen molar-refractivity contribution in [1.29, 1.82) is 0 Å². The van der Waals surface area contributed by atoms with Crippen LogP contribution in [0.25, 0.3) is 0 Å². The zero-order valence-electron chi connectivity index (χ0n) is 6.81. The smallest absolute Gasteiger partial charge is 0.119 e. The normalized spacial score (nSPS) is 9.92. The third-order valence-corrected chi connectivity index (χ3v) is 2.69. The van der Waals surface area contributed by atoms with Crippen LogP contribution in [0.15, 0.2) is 22.7 Å². The highest BCUT2D eigenvalue weighted by molar-refractivity contribution is 9.10. The van der Waals surface area contributed by atoms with E-state index >= 15 is 0 Å². The van der Waals surface area contributed by atoms with Gasteiger partial charge in [-0.05, 0) is 30.7 Å². The summed E-state index contributed by atoms with van der Waals surface area (Å²) in [6.45, 7) is 2.76. The number of ether oxygens (including phenoxy) is 1. The Morgan fingerprint density at radius 2 is 2.17 bits per heavy atom. The predicted molar refractivity (Wildman–Crippen MR) is 58.2 cm³/mol. The number of aryl methyl sites for hydroxylation is 1. The van der Waals surface area contributed by atoms with Crippen molar-refractivity contribution in [3.8, 4) is 5.75 Å². The van der Waals surface area contributed by atoms with Crippen LogP contribution in [0.4, 0.5) is 0 Å². The van der Waals surface area contributed by atoms with Crippen molar-refractivity contribution in [2.45, 2.75) is 6.92 Å². The molecule has 3 heteroatoms. The van der Waals surface area contributed by atoms with Gasteiger partial charge in [0.05, 0.1) is 6.61 Å². The van der Waals surface area contributed by atoms with E-state index in [0.717, 1.165) is 15.6 Å². The van der Waals surface area contributed by atoms with Crippen molar-refractivity contribution in [2.24, 2.45) is 0 Å². The lowest BCUT2D eigenvalue weighted by atomic mass is 10.2. The number of hydrogen-bond donors (Lipinski definition) is 0. The molecule has 1 rings (SSSR count). The van der Waals surface area contributed by atoms with E-state index in [1.54, 1.807) is 0 Å². The van der Waals surface area contributed by atoms with Crippen LogP contribution in [0.1, 0.15) is 5.56 Å². The molecule has 0 spiro atoms. The minimum atomic E-state index is 0.709. The summed E-state index contributed by atoms with van der Waals surface area (Å²) in [5.74, 6) is 0.926. The third kappa shape index (κ3) is 2.79. The maximum absolute atomic E-state index is 5.42. The molecule has 0 radical (unpaired) electrons. The molecule has 0 atom stereocenters. The van der Waals surface area contributed by atoms with Crippen LogP contribution >= 0.6 is 31.9 Å². The average molecular weight is 294 g/mol. The van der Waals surface area contributed by atoms with E-state index in [9.17, 15) is 0 Å². The lowest BCUT2D eigenvalue weighted by Gasteiger charge is -2.05. The molecule has 0 unspecified atom stereocenters. The highest BCUT2D eigenvalue weighted by Gasteiger charge is 1.96. The van der Waals surface area contributed by atoms with Gasteiger partial charge in [0.25, 0.3) is 0 Å². The summed E-state index contributed by atoms with van der Waals surface area (Å²) >= 11 is 6.74. The van der Waals surface area contributed by atoms with Crippen LogP contribution in [0.2, 0.25) is 0 Å². The molecule has 0 N–H and O–H groups in total. The molecule has 1 aromatic carbocycles. The first-order valence-corrected chi connectivity index (χ1v) is 5.60. The Labute approximate surface area is 89.4 Å². The molecule has 0 fully saturated rings. The number of halogens is 2. The quantitative estimate of drug-likeness (QED) is 0.775. The first-order valence-electron chi connectivity index (χ1n) is 3.69. The first-order chi connectivity index (χ1) is 5.74. The zero-order chi connectivity index (χ0) is 8.97. The summed E-state index contributed by atoms with van der Waals surface area (Å²) < 4.78 is 6.54. The van der Waals surface area contributed by atoms with Gasteiger partial charge in [-0.15, -0.1) is 0 Å². The summed E-state index contributed by atoms with van der Waals surface area (Å²) in [6, 6.07) is 5.98. The molecule has 0 amide bonds. The van der Waals surface area contributed by atoms with Crippen LogP contribution in [-0.4, -0.2) is 11.9 Å². The largest absolute Gasteiger partial charge is 0.493 e. The second-order valence-electron chi connectivity index (χ2n) is 2.45. The van der Waals surface area contributed by atoms with Crippen molar-refractivity contribution in [3.63, 3.8) is 0 Å². The molecule has 0 heterocycles. The average Bonchev–Trinajstić information content (AvgIpc) is 2.07. The lowest BCUT2D eigenvalue weighted by molar-refractivity contribution is 0.345. The van der Waals surface area contributed by atoms with Crippen LogP contribution in [0.5, 0.6) is 5.75 Å². The Kier molecular flexibility index (Phi) is 4.09. The van der Waals surface area contributed by atoms with Crippen molar-refractivity contribution < 1.29 is 4.74 Å². The first kappa shape index (κ1) is 10.1. The summed E-state index contributed by atoms with van der Waals surface area (Å²) in [7, 11) is 0. The molecule has 0 aromatic heterocycles. The monoisotopic (exact) mass is 292 g/mol. The highest BCUT2D eigenvalue weighted by Crippen LogP contribution is 2.21. The fraction of sp³-hybridized carbons (Fsp3) is 0.333. The molecule has 66 valence electrons. The minimum Gasteiger partial charge on any atom is -0.493 e. The van der Waals surface area contributed by atoms with Crippen molar-refractivity contribution in [1.82, 2.24) is 0 Å². The Hall–Kier alpha value is -0.0200. The predicted octanol–water partition coefficient (Wildman–Crippen LogP) is 3.53. The Balaban J connectivity index is 2.69. The van der Waals surface area contributed by atoms with Gasteiger partial charge in [0.1, 0.15) is 5.75 Å². The molecule has 0 saturated carbocycles. The molecule has 1 nitrogen and oxygen atoms in total. The molecular formula is C9H10Br2O. The van der Waals surface area contributed by atoms with E-state index in [-0.39, 0.29) is 0 Å². The SMILES string of the molecule is Cc1cc(OCCBr)ccc1Br. The van der Waals surface area contributed by atoms with Crippen LogP contribution in [0, 0.1) is 6.92 Å². The van der Waals surface area contributed by atoms with Gasteiger partial charge in [-0.25, -0.2) is 0 Å². The zero-order valence-corrected chi connectivity index (χ0v) is 9.98. The van der Waals surface area contributed by atoms with E-state index in [0.29, 0.717) is 6.61 Å². The summed E-state index contributed by atoms with van der Waals surface area (Å²) in [5.41, 5.74) is 1.20. The van der Waals surface area contributed by atoms with Gasteiger partial charge < -0.3 is 4.74 Å². The second kappa shape index (κ2) is 4.87. The summed E-state index contributed by atoms with van der Waals surface area (Å²) in [5, 5.41) is 0.863. The lowest BCUT2D eigenvalue weighted by Crippen LogP contribution is -1.97. The fourth-order valence-electron chi connectivity index (χ4n) is 0.863. The van der Waals surface area contributed by atoms with Crippen LogP contribution in [-0.2, 0) is 0 Å². The molecule has 0 aliphatic rings. The van der Waals surface area contributed by atoms with E-state index in [4.69, 9.17) is 4.74 Å². The number of benzene rings is 1. The topological polar surface area (TPSA) is 9.23 Å². The maximum Gasteiger partial charge on any atom is 0.119 e.